The van der Waals surface area contributed by atoms with Gasteiger partial charge in [0, 0.05) is 10.8 Å². The average Bonchev–Trinajstić information content (AvgIpc) is 1.75. The first kappa shape index (κ1) is 8.21. The van der Waals surface area contributed by atoms with Gasteiger partial charge in [-0.05, 0) is 19.3 Å². The Morgan fingerprint density at radius 3 is 1.92 bits per heavy atom. The van der Waals surface area contributed by atoms with Crippen LogP contribution < -0.4 is 0 Å². The number of hydrogen-bond acceptors (Lipinski definition) is 1. The maximum Gasteiger partial charge on any atom is 0.144 e. The maximum atomic E-state index is 13.1. The molecule has 3 fully saturated rings. The monoisotopic (exact) mass is 170 g/mol. The fraction of sp³-hybridized carbons (Fsp3) is 0.900. The molecule has 0 atom stereocenters. The summed E-state index contributed by atoms with van der Waals surface area (Å²) in [4.78, 5) is 11.8. The molecule has 68 valence electrons. The van der Waals surface area contributed by atoms with Crippen LogP contribution in [0.4, 0.5) is 4.39 Å². The van der Waals surface area contributed by atoms with E-state index in [1.165, 1.54) is 0 Å². The Balaban J connectivity index is 2.10. The molecule has 3 rings (SSSR count). The minimum absolute atomic E-state index is 0.243. The summed E-state index contributed by atoms with van der Waals surface area (Å²) in [6, 6.07) is 0. The van der Waals surface area contributed by atoms with Crippen molar-refractivity contribution in [3.8, 4) is 0 Å². The zero-order valence-corrected chi connectivity index (χ0v) is 7.91. The molecule has 0 radical (unpaired) electrons. The zero-order chi connectivity index (χ0) is 9.20. The van der Waals surface area contributed by atoms with Crippen molar-refractivity contribution in [1.82, 2.24) is 0 Å². The third kappa shape index (κ3) is 0.810. The van der Waals surface area contributed by atoms with Gasteiger partial charge in [-0.2, -0.15) is 0 Å². The van der Waals surface area contributed by atoms with Crippen molar-refractivity contribution in [2.75, 3.05) is 0 Å². The molecule has 2 bridgehead atoms. The van der Waals surface area contributed by atoms with Crippen molar-refractivity contribution in [3.63, 3.8) is 0 Å². The maximum absolute atomic E-state index is 13.1. The minimum Gasteiger partial charge on any atom is -0.298 e. The molecule has 0 aromatic heterocycles. The lowest BCUT2D eigenvalue weighted by atomic mass is 9.39. The number of halogens is 1. The van der Waals surface area contributed by atoms with Gasteiger partial charge in [0.05, 0.1) is 0 Å². The normalized spacial score (nSPS) is 44.7. The number of alkyl halides is 1. The molecule has 1 nitrogen and oxygen atoms in total. The first-order chi connectivity index (χ1) is 5.28. The van der Waals surface area contributed by atoms with Crippen molar-refractivity contribution in [1.29, 1.82) is 0 Å². The van der Waals surface area contributed by atoms with Gasteiger partial charge in [-0.1, -0.05) is 20.8 Å². The van der Waals surface area contributed by atoms with Crippen LogP contribution >= 0.6 is 0 Å². The Labute approximate surface area is 72.3 Å². The van der Waals surface area contributed by atoms with Gasteiger partial charge in [-0.3, -0.25) is 4.79 Å². The van der Waals surface area contributed by atoms with Crippen molar-refractivity contribution in [2.45, 2.75) is 45.7 Å². The third-order valence-corrected chi connectivity index (χ3v) is 3.13. The van der Waals surface area contributed by atoms with Gasteiger partial charge in [0.25, 0.3) is 0 Å². The molecule has 0 spiro atoms. The lowest BCUT2D eigenvalue weighted by Crippen LogP contribution is -2.69. The Bertz CT molecular complexity index is 229. The number of Topliss-reactive ketones (excluding diaryl/α,β-unsaturated/α-hetero) is 1. The molecule has 0 aromatic rings. The molecule has 0 saturated heterocycles. The largest absolute Gasteiger partial charge is 0.298 e. The van der Waals surface area contributed by atoms with Gasteiger partial charge in [0.15, 0.2) is 0 Å². The summed E-state index contributed by atoms with van der Waals surface area (Å²) in [5, 5.41) is 0. The van der Waals surface area contributed by atoms with Gasteiger partial charge in [-0.25, -0.2) is 4.39 Å². The van der Waals surface area contributed by atoms with Crippen LogP contribution in [-0.2, 0) is 4.79 Å². The molecule has 2 heteroatoms. The molecule has 12 heavy (non-hydrogen) atoms. The summed E-state index contributed by atoms with van der Waals surface area (Å²) < 4.78 is 13.1. The average molecular weight is 170 g/mol. The van der Waals surface area contributed by atoms with Crippen molar-refractivity contribution >= 4 is 5.78 Å². The van der Waals surface area contributed by atoms with E-state index >= 15 is 0 Å². The Morgan fingerprint density at radius 2 is 1.67 bits per heavy atom. The zero-order valence-electron chi connectivity index (χ0n) is 7.91. The van der Waals surface area contributed by atoms with Gasteiger partial charge in [0.1, 0.15) is 11.5 Å². The van der Waals surface area contributed by atoms with Crippen molar-refractivity contribution in [2.24, 2.45) is 10.8 Å². The van der Waals surface area contributed by atoms with Crippen LogP contribution in [0.3, 0.4) is 0 Å². The van der Waals surface area contributed by atoms with E-state index in [1.807, 2.05) is 20.8 Å². The predicted octanol–water partition coefficient (Wildman–Crippen LogP) is 2.49. The highest BCUT2D eigenvalue weighted by atomic mass is 19.1. The van der Waals surface area contributed by atoms with Crippen LogP contribution in [0.5, 0.6) is 0 Å². The van der Waals surface area contributed by atoms with E-state index in [4.69, 9.17) is 0 Å². The van der Waals surface area contributed by atoms with E-state index in [0.717, 1.165) is 0 Å². The molecule has 0 amide bonds. The summed E-state index contributed by atoms with van der Waals surface area (Å²) in [7, 11) is 0. The summed E-state index contributed by atoms with van der Waals surface area (Å²) in [6.45, 7) is 5.75. The van der Waals surface area contributed by atoms with E-state index in [0.29, 0.717) is 19.3 Å². The fourth-order valence-corrected chi connectivity index (χ4v) is 2.70. The molecular formula is C10H15FO. The standard InChI is InChI=1S/C10H15FO/c1-8(2,3)7(12)9-4-10(11,5-9)6-9/h4-6H2,1-3H3. The van der Waals surface area contributed by atoms with Crippen LogP contribution in [0.25, 0.3) is 0 Å². The molecular weight excluding hydrogens is 155 g/mol. The number of ketones is 1. The predicted molar refractivity (Wildman–Crippen MR) is 44.6 cm³/mol. The topological polar surface area (TPSA) is 17.1 Å². The van der Waals surface area contributed by atoms with E-state index in [1.54, 1.807) is 0 Å². The lowest BCUT2D eigenvalue weighted by molar-refractivity contribution is -0.217. The first-order valence-corrected chi connectivity index (χ1v) is 4.51. The first-order valence-electron chi connectivity index (χ1n) is 4.51. The second kappa shape index (κ2) is 1.75. The number of carbonyl (C=O) groups excluding carboxylic acids is 1. The van der Waals surface area contributed by atoms with E-state index in [2.05, 4.69) is 0 Å². The second-order valence-corrected chi connectivity index (χ2v) is 5.54. The fourth-order valence-electron chi connectivity index (χ4n) is 2.70. The number of carbonyl (C=O) groups is 1. The smallest absolute Gasteiger partial charge is 0.144 e. The van der Waals surface area contributed by atoms with E-state index in [9.17, 15) is 9.18 Å². The van der Waals surface area contributed by atoms with E-state index < -0.39 is 5.67 Å². The van der Waals surface area contributed by atoms with Gasteiger partial charge < -0.3 is 0 Å². The summed E-state index contributed by atoms with van der Waals surface area (Å²) in [5.41, 5.74) is -1.48. The lowest BCUT2D eigenvalue weighted by Gasteiger charge is -2.65. The molecule has 3 saturated carbocycles. The summed E-state index contributed by atoms with van der Waals surface area (Å²) in [6.07, 6.45) is 1.49. The molecule has 3 aliphatic rings. The number of rotatable bonds is 1. The molecule has 0 heterocycles. The SMILES string of the molecule is CC(C)(C)C(=O)C12CC(F)(C1)C2. The van der Waals surface area contributed by atoms with Crippen LogP contribution in [0.1, 0.15) is 40.0 Å². The van der Waals surface area contributed by atoms with Crippen LogP contribution in [0.2, 0.25) is 0 Å². The summed E-state index contributed by atoms with van der Waals surface area (Å²) >= 11 is 0. The van der Waals surface area contributed by atoms with Gasteiger partial charge in [0.2, 0.25) is 0 Å². The van der Waals surface area contributed by atoms with E-state index in [-0.39, 0.29) is 16.6 Å². The van der Waals surface area contributed by atoms with Crippen LogP contribution in [0.15, 0.2) is 0 Å². The number of hydrogen-bond donors (Lipinski definition) is 0. The molecule has 0 aromatic carbocycles. The Morgan fingerprint density at radius 1 is 1.25 bits per heavy atom. The quantitative estimate of drug-likeness (QED) is 0.591. The molecule has 0 N–H and O–H groups in total. The Hall–Kier alpha value is -0.400. The third-order valence-electron chi connectivity index (χ3n) is 3.13. The highest BCUT2D eigenvalue weighted by Crippen LogP contribution is 2.71. The van der Waals surface area contributed by atoms with Crippen molar-refractivity contribution < 1.29 is 9.18 Å². The van der Waals surface area contributed by atoms with Crippen molar-refractivity contribution in [3.05, 3.63) is 0 Å². The van der Waals surface area contributed by atoms with Crippen LogP contribution in [-0.4, -0.2) is 11.5 Å². The summed E-state index contributed by atoms with van der Waals surface area (Å²) in [5.74, 6) is 0.259. The van der Waals surface area contributed by atoms with Gasteiger partial charge >= 0.3 is 0 Å². The second-order valence-electron chi connectivity index (χ2n) is 5.54. The minimum atomic E-state index is -0.944. The molecule has 3 aliphatic carbocycles. The molecule has 0 unspecified atom stereocenters. The highest BCUT2D eigenvalue weighted by molar-refractivity contribution is 5.92. The highest BCUT2D eigenvalue weighted by Gasteiger charge is 2.73. The van der Waals surface area contributed by atoms with Crippen LogP contribution in [0, 0.1) is 10.8 Å². The van der Waals surface area contributed by atoms with Gasteiger partial charge in [-0.15, -0.1) is 0 Å². The Kier molecular flexibility index (Phi) is 1.20. The molecule has 0 aliphatic heterocycles.